The summed E-state index contributed by atoms with van der Waals surface area (Å²) in [6, 6.07) is 21.1. The predicted molar refractivity (Wildman–Crippen MR) is 150 cm³/mol. The minimum atomic E-state index is -0.440. The van der Waals surface area contributed by atoms with E-state index >= 15 is 0 Å². The number of hydrogen-bond donors (Lipinski definition) is 1. The largest absolute Gasteiger partial charge is 0.494 e. The lowest BCUT2D eigenvalue weighted by molar-refractivity contribution is -0.118. The fourth-order valence-electron chi connectivity index (χ4n) is 4.41. The summed E-state index contributed by atoms with van der Waals surface area (Å²) in [7, 11) is 0. The number of anilines is 2. The number of nitrogens with zero attached hydrogens (tertiary/aromatic N) is 4. The zero-order valence-electron chi connectivity index (χ0n) is 20.6. The fourth-order valence-corrected chi connectivity index (χ4v) is 5.53. The molecule has 11 heteroatoms. The lowest BCUT2D eigenvalue weighted by Crippen LogP contribution is -2.37. The predicted octanol–water partition coefficient (Wildman–Crippen LogP) is 3.77. The molecule has 1 N–H and O–H groups in total. The van der Waals surface area contributed by atoms with E-state index in [2.05, 4.69) is 15.4 Å². The van der Waals surface area contributed by atoms with Crippen LogP contribution < -0.4 is 25.0 Å². The molecule has 0 spiro atoms. The number of halogens is 1. The van der Waals surface area contributed by atoms with Crippen molar-refractivity contribution in [3.63, 3.8) is 0 Å². The van der Waals surface area contributed by atoms with Crippen LogP contribution in [-0.4, -0.2) is 39.6 Å². The Hall–Kier alpha value is -4.54. The molecule has 194 valence electrons. The van der Waals surface area contributed by atoms with Crippen LogP contribution in [0, 0.1) is 0 Å². The maximum absolute atomic E-state index is 13.6. The van der Waals surface area contributed by atoms with Crippen LogP contribution >= 0.6 is 22.9 Å². The van der Waals surface area contributed by atoms with Crippen LogP contribution in [0.15, 0.2) is 77.6 Å². The second-order valence-electron chi connectivity index (χ2n) is 8.66. The molecular weight excluding hydrogens is 538 g/mol. The molecule has 0 saturated carbocycles. The molecule has 5 aromatic rings. The van der Waals surface area contributed by atoms with Crippen LogP contribution in [0.4, 0.5) is 11.4 Å². The number of carbonyl (C=O) groups is 2. The third-order valence-corrected chi connectivity index (χ3v) is 7.44. The summed E-state index contributed by atoms with van der Waals surface area (Å²) in [4.78, 5) is 46.1. The number of carbonyl (C=O) groups excluding carboxylic acids is 2. The van der Waals surface area contributed by atoms with Crippen LogP contribution in [0.5, 0.6) is 5.75 Å². The van der Waals surface area contributed by atoms with Crippen molar-refractivity contribution in [2.45, 2.75) is 6.92 Å². The van der Waals surface area contributed by atoms with E-state index in [9.17, 15) is 14.4 Å². The van der Waals surface area contributed by atoms with Gasteiger partial charge in [0.15, 0.2) is 5.82 Å². The minimum Gasteiger partial charge on any atom is -0.494 e. The van der Waals surface area contributed by atoms with Gasteiger partial charge in [0.2, 0.25) is 10.9 Å². The fraction of sp³-hybridized carbons (Fsp3) is 0.107. The highest BCUT2D eigenvalue weighted by Gasteiger charge is 2.35. The van der Waals surface area contributed by atoms with Crippen LogP contribution in [0.3, 0.4) is 0 Å². The number of amides is 2. The van der Waals surface area contributed by atoms with Gasteiger partial charge in [-0.3, -0.25) is 19.3 Å². The third-order valence-electron chi connectivity index (χ3n) is 6.16. The molecule has 0 atom stereocenters. The summed E-state index contributed by atoms with van der Waals surface area (Å²) < 4.78 is 6.91. The Balaban J connectivity index is 1.35. The lowest BCUT2D eigenvalue weighted by atomic mass is 10.1. The Morgan fingerprint density at radius 1 is 1.03 bits per heavy atom. The van der Waals surface area contributed by atoms with Gasteiger partial charge in [-0.05, 0) is 61.5 Å². The number of para-hydroxylation sites is 1. The number of aromatic nitrogens is 3. The van der Waals surface area contributed by atoms with Gasteiger partial charge in [-0.2, -0.15) is 9.50 Å². The van der Waals surface area contributed by atoms with Crippen molar-refractivity contribution in [1.29, 1.82) is 0 Å². The maximum atomic E-state index is 13.6. The third kappa shape index (κ3) is 4.53. The summed E-state index contributed by atoms with van der Waals surface area (Å²) in [5, 5.41) is 7.72. The van der Waals surface area contributed by atoms with Gasteiger partial charge in [0.1, 0.15) is 16.8 Å². The topological polar surface area (TPSA) is 106 Å². The molecule has 0 fully saturated rings. The Morgan fingerprint density at radius 2 is 1.77 bits per heavy atom. The van der Waals surface area contributed by atoms with Crippen molar-refractivity contribution in [1.82, 2.24) is 14.6 Å². The summed E-state index contributed by atoms with van der Waals surface area (Å²) in [6.45, 7) is 2.25. The summed E-state index contributed by atoms with van der Waals surface area (Å²) in [5.41, 5.74) is 2.22. The van der Waals surface area contributed by atoms with Gasteiger partial charge in [0.25, 0.3) is 11.5 Å². The van der Waals surface area contributed by atoms with Crippen molar-refractivity contribution >= 4 is 56.7 Å². The van der Waals surface area contributed by atoms with E-state index < -0.39 is 11.5 Å². The van der Waals surface area contributed by atoms with Gasteiger partial charge in [0, 0.05) is 21.8 Å². The molecule has 2 amide bonds. The molecule has 0 saturated heterocycles. The van der Waals surface area contributed by atoms with Crippen LogP contribution in [0.2, 0.25) is 5.02 Å². The SMILES string of the molecule is CCOc1ccc(-c2nc3sc(=C4C(=O)N(CC(=O)Nc5ccc(Cl)cc5)c5ccccc54)c(=O)n3n2)cc1. The molecule has 3 aromatic carbocycles. The van der Waals surface area contributed by atoms with Crippen molar-refractivity contribution in [2.24, 2.45) is 0 Å². The molecule has 6 rings (SSSR count). The first kappa shape index (κ1) is 24.8. The normalized spacial score (nSPS) is 14.1. The lowest BCUT2D eigenvalue weighted by Gasteiger charge is -2.16. The van der Waals surface area contributed by atoms with Crippen molar-refractivity contribution in [3.05, 3.63) is 98.3 Å². The summed E-state index contributed by atoms with van der Waals surface area (Å²) in [6.07, 6.45) is 0. The van der Waals surface area contributed by atoms with Gasteiger partial charge in [0.05, 0.1) is 17.9 Å². The van der Waals surface area contributed by atoms with E-state index in [-0.39, 0.29) is 22.6 Å². The van der Waals surface area contributed by atoms with Crippen LogP contribution in [0.25, 0.3) is 21.9 Å². The van der Waals surface area contributed by atoms with Crippen molar-refractivity contribution in [3.8, 4) is 17.1 Å². The molecule has 2 aromatic heterocycles. The smallest absolute Gasteiger partial charge is 0.291 e. The average Bonchev–Trinajstić information content (AvgIpc) is 3.57. The number of hydrogen-bond acceptors (Lipinski definition) is 7. The number of ether oxygens (including phenoxy) is 1. The number of thiazole rings is 1. The molecule has 0 bridgehead atoms. The molecule has 0 unspecified atom stereocenters. The van der Waals surface area contributed by atoms with E-state index in [4.69, 9.17) is 16.3 Å². The van der Waals surface area contributed by atoms with Gasteiger partial charge in [-0.15, -0.1) is 5.10 Å². The molecule has 39 heavy (non-hydrogen) atoms. The van der Waals surface area contributed by atoms with Gasteiger partial charge >= 0.3 is 0 Å². The molecule has 9 nitrogen and oxygen atoms in total. The zero-order chi connectivity index (χ0) is 27.1. The quantitative estimate of drug-likeness (QED) is 0.341. The van der Waals surface area contributed by atoms with Gasteiger partial charge in [-0.25, -0.2) is 0 Å². The molecule has 3 heterocycles. The summed E-state index contributed by atoms with van der Waals surface area (Å²) in [5.74, 6) is 0.314. The Kier molecular flexibility index (Phi) is 6.34. The van der Waals surface area contributed by atoms with Crippen molar-refractivity contribution < 1.29 is 14.3 Å². The highest BCUT2D eigenvalue weighted by Crippen LogP contribution is 2.35. The Morgan fingerprint density at radius 3 is 2.49 bits per heavy atom. The number of benzene rings is 3. The van der Waals surface area contributed by atoms with E-state index in [0.717, 1.165) is 22.6 Å². The Labute approximate surface area is 230 Å². The second-order valence-corrected chi connectivity index (χ2v) is 10.1. The molecule has 1 aliphatic rings. The molecule has 1 aliphatic heterocycles. The molecular formula is C28H20ClN5O4S. The van der Waals surface area contributed by atoms with Gasteiger partial charge < -0.3 is 10.1 Å². The average molecular weight is 558 g/mol. The minimum absolute atomic E-state index is 0.223. The van der Waals surface area contributed by atoms with E-state index in [1.807, 2.05) is 31.2 Å². The number of nitrogens with one attached hydrogen (secondary N) is 1. The van der Waals surface area contributed by atoms with E-state index in [1.54, 1.807) is 48.5 Å². The van der Waals surface area contributed by atoms with E-state index in [1.165, 1.54) is 9.42 Å². The van der Waals surface area contributed by atoms with E-state index in [0.29, 0.717) is 39.4 Å². The highest BCUT2D eigenvalue weighted by atomic mass is 35.5. The summed E-state index contributed by atoms with van der Waals surface area (Å²) >= 11 is 7.01. The monoisotopic (exact) mass is 557 g/mol. The van der Waals surface area contributed by atoms with Gasteiger partial charge in [-0.1, -0.05) is 41.1 Å². The first-order valence-electron chi connectivity index (χ1n) is 12.1. The Bertz CT molecular complexity index is 1850. The molecule has 0 radical (unpaired) electrons. The second kappa shape index (κ2) is 9.97. The maximum Gasteiger partial charge on any atom is 0.291 e. The van der Waals surface area contributed by atoms with Crippen molar-refractivity contribution in [2.75, 3.05) is 23.4 Å². The van der Waals surface area contributed by atoms with Crippen LogP contribution in [-0.2, 0) is 9.59 Å². The highest BCUT2D eigenvalue weighted by molar-refractivity contribution is 7.15. The number of fused-ring (bicyclic) bond motifs is 2. The first-order valence-corrected chi connectivity index (χ1v) is 13.3. The van der Waals surface area contributed by atoms with Crippen LogP contribution in [0.1, 0.15) is 12.5 Å². The zero-order valence-corrected chi connectivity index (χ0v) is 22.1. The molecule has 0 aliphatic carbocycles. The number of rotatable bonds is 6. The standard InChI is InChI=1S/C28H20ClN5O4S/c1-2-38-19-13-7-16(8-14-19)25-31-28-34(32-25)27(37)24(39-28)23-20-5-3-4-6-21(20)33(26(23)36)15-22(35)30-18-11-9-17(29)10-12-18/h3-14H,2,15H2,1H3,(H,30,35). The first-order chi connectivity index (χ1) is 18.9.